The fraction of sp³-hybridized carbons (Fsp3) is 0.571. The molecule has 162 valence electrons. The molecule has 0 aliphatic rings. The number of hydrogen-bond donors (Lipinski definition) is 1. The maximum atomic E-state index is 10.8. The van der Waals surface area contributed by atoms with E-state index in [-0.39, 0.29) is 11.5 Å². The summed E-state index contributed by atoms with van der Waals surface area (Å²) < 4.78 is 0. The molecule has 0 aromatic heterocycles. The Bertz CT molecular complexity index is 682. The number of allylic oxidation sites excluding steroid dienone is 6. The van der Waals surface area contributed by atoms with Crippen molar-refractivity contribution in [3.05, 3.63) is 70.8 Å². The molecule has 0 bridgehead atoms. The molecule has 3 atom stereocenters. The Morgan fingerprint density at radius 3 is 2.07 bits per heavy atom. The summed E-state index contributed by atoms with van der Waals surface area (Å²) >= 11 is 0. The Morgan fingerprint density at radius 1 is 1.03 bits per heavy atom. The third kappa shape index (κ3) is 8.34. The second-order valence-corrected chi connectivity index (χ2v) is 9.44. The summed E-state index contributed by atoms with van der Waals surface area (Å²) in [5, 5.41) is 10.8. The summed E-state index contributed by atoms with van der Waals surface area (Å²) in [4.78, 5) is 0. The van der Waals surface area contributed by atoms with Crippen LogP contribution in [0.15, 0.2) is 59.7 Å². The van der Waals surface area contributed by atoms with Crippen LogP contribution in [0.25, 0.3) is 0 Å². The molecule has 1 aromatic carbocycles. The zero-order valence-corrected chi connectivity index (χ0v) is 20.1. The highest BCUT2D eigenvalue weighted by atomic mass is 16.3. The summed E-state index contributed by atoms with van der Waals surface area (Å²) in [6.45, 7) is 17.3. The molecule has 2 unspecified atom stereocenters. The monoisotopic (exact) mass is 396 g/mol. The van der Waals surface area contributed by atoms with Crippen LogP contribution in [0.3, 0.4) is 0 Å². The van der Waals surface area contributed by atoms with Gasteiger partial charge in [0.2, 0.25) is 0 Å². The predicted molar refractivity (Wildman–Crippen MR) is 129 cm³/mol. The molecule has 0 aliphatic heterocycles. The molecule has 0 radical (unpaired) electrons. The first kappa shape index (κ1) is 25.4. The van der Waals surface area contributed by atoms with Gasteiger partial charge < -0.3 is 5.11 Å². The lowest BCUT2D eigenvalue weighted by Crippen LogP contribution is -2.30. The van der Waals surface area contributed by atoms with Crippen molar-refractivity contribution in [2.45, 2.75) is 87.2 Å². The molecule has 29 heavy (non-hydrogen) atoms. The largest absolute Gasteiger partial charge is 0.393 e. The molecule has 0 aliphatic carbocycles. The van der Waals surface area contributed by atoms with E-state index < -0.39 is 0 Å². The minimum Gasteiger partial charge on any atom is -0.393 e. The Hall–Kier alpha value is -1.60. The van der Waals surface area contributed by atoms with Gasteiger partial charge in [0.25, 0.3) is 0 Å². The Labute approximate surface area is 180 Å². The first-order chi connectivity index (χ1) is 13.7. The molecule has 0 saturated carbocycles. The molecule has 0 fully saturated rings. The van der Waals surface area contributed by atoms with Crippen molar-refractivity contribution < 1.29 is 5.11 Å². The molecule has 0 spiro atoms. The van der Waals surface area contributed by atoms with Crippen molar-refractivity contribution in [3.8, 4) is 0 Å². The smallest absolute Gasteiger partial charge is 0.0591 e. The van der Waals surface area contributed by atoms with Crippen molar-refractivity contribution in [1.29, 1.82) is 0 Å². The van der Waals surface area contributed by atoms with E-state index in [1.165, 1.54) is 22.3 Å². The van der Waals surface area contributed by atoms with Crippen LogP contribution in [-0.2, 0) is 12.8 Å². The molecule has 1 heteroatoms. The summed E-state index contributed by atoms with van der Waals surface area (Å²) in [6, 6.07) is 9.07. The molecule has 0 amide bonds. The van der Waals surface area contributed by atoms with Gasteiger partial charge >= 0.3 is 0 Å². The van der Waals surface area contributed by atoms with Crippen LogP contribution in [0.5, 0.6) is 0 Å². The maximum Gasteiger partial charge on any atom is 0.0591 e. The summed E-state index contributed by atoms with van der Waals surface area (Å²) in [6.07, 6.45) is 12.6. The Morgan fingerprint density at radius 2 is 1.62 bits per heavy atom. The first-order valence-corrected chi connectivity index (χ1v) is 11.4. The lowest BCUT2D eigenvalue weighted by Gasteiger charge is -2.32. The maximum absolute atomic E-state index is 10.8. The van der Waals surface area contributed by atoms with E-state index in [4.69, 9.17) is 0 Å². The quantitative estimate of drug-likeness (QED) is 0.402. The fourth-order valence-corrected chi connectivity index (χ4v) is 3.78. The van der Waals surface area contributed by atoms with Crippen molar-refractivity contribution >= 4 is 0 Å². The molecule has 1 N–H and O–H groups in total. The molecule has 1 nitrogen and oxygen atoms in total. The Kier molecular flexibility index (Phi) is 10.7. The highest BCUT2D eigenvalue weighted by molar-refractivity contribution is 5.33. The molecular weight excluding hydrogens is 352 g/mol. The van der Waals surface area contributed by atoms with Gasteiger partial charge in [0.05, 0.1) is 6.10 Å². The van der Waals surface area contributed by atoms with Crippen molar-refractivity contribution in [2.24, 2.45) is 17.3 Å². The van der Waals surface area contributed by atoms with E-state index in [0.29, 0.717) is 11.8 Å². The van der Waals surface area contributed by atoms with E-state index in [1.54, 1.807) is 0 Å². The van der Waals surface area contributed by atoms with Crippen LogP contribution in [0, 0.1) is 17.3 Å². The minimum atomic E-state index is -0.300. The van der Waals surface area contributed by atoms with E-state index in [2.05, 4.69) is 104 Å². The Balaban J connectivity index is 3.23. The van der Waals surface area contributed by atoms with Gasteiger partial charge in [0.15, 0.2) is 0 Å². The van der Waals surface area contributed by atoms with Crippen LogP contribution in [0.2, 0.25) is 0 Å². The van der Waals surface area contributed by atoms with E-state index in [9.17, 15) is 5.11 Å². The number of aryl methyl sites for hydroxylation is 1. The summed E-state index contributed by atoms with van der Waals surface area (Å²) in [5.41, 5.74) is 5.41. The minimum absolute atomic E-state index is 0.0902. The van der Waals surface area contributed by atoms with E-state index >= 15 is 0 Å². The SMILES string of the molecule is C\C=C(/C=C(\C=C\C)CC)C(Cc1ccc(CC)cc1)C(C)C[C@@H](O)C(C)(C)C. The second-order valence-electron chi connectivity index (χ2n) is 9.44. The number of rotatable bonds is 10. The van der Waals surface area contributed by atoms with Gasteiger partial charge in [-0.2, -0.15) is 0 Å². The van der Waals surface area contributed by atoms with Crippen LogP contribution >= 0.6 is 0 Å². The predicted octanol–water partition coefficient (Wildman–Crippen LogP) is 7.70. The lowest BCUT2D eigenvalue weighted by molar-refractivity contribution is 0.0374. The van der Waals surface area contributed by atoms with E-state index in [0.717, 1.165) is 25.7 Å². The topological polar surface area (TPSA) is 20.2 Å². The molecule has 0 saturated heterocycles. The average Bonchev–Trinajstić information content (AvgIpc) is 2.69. The first-order valence-electron chi connectivity index (χ1n) is 11.4. The molecule has 1 rings (SSSR count). The number of aliphatic hydroxyl groups is 1. The number of aliphatic hydroxyl groups excluding tert-OH is 1. The number of benzene rings is 1. The summed E-state index contributed by atoms with van der Waals surface area (Å²) in [5.74, 6) is 0.775. The third-order valence-corrected chi connectivity index (χ3v) is 6.07. The molecule has 0 heterocycles. The fourth-order valence-electron chi connectivity index (χ4n) is 3.78. The molecule has 1 aromatic rings. The van der Waals surface area contributed by atoms with Gasteiger partial charge in [-0.15, -0.1) is 0 Å². The van der Waals surface area contributed by atoms with Gasteiger partial charge in [0.1, 0.15) is 0 Å². The standard InChI is InChI=1S/C28H44O/c1-9-13-23(11-3)19-25(12-4)26(21(5)18-27(29)28(6,7)8)20-24-16-14-22(10-2)15-17-24/h9,12-17,19,21,26-27,29H,10-11,18,20H2,1-8H3/b13-9+,23-19-,25-12+/t21?,26?,27-/m1/s1. The van der Waals surface area contributed by atoms with Crippen LogP contribution in [0.4, 0.5) is 0 Å². The van der Waals surface area contributed by atoms with Gasteiger partial charge in [-0.25, -0.2) is 0 Å². The van der Waals surface area contributed by atoms with Gasteiger partial charge in [-0.3, -0.25) is 0 Å². The van der Waals surface area contributed by atoms with Crippen LogP contribution in [-0.4, -0.2) is 11.2 Å². The summed E-state index contributed by atoms with van der Waals surface area (Å²) in [7, 11) is 0. The highest BCUT2D eigenvalue weighted by Gasteiger charge is 2.28. The van der Waals surface area contributed by atoms with E-state index in [1.807, 2.05) is 0 Å². The van der Waals surface area contributed by atoms with Gasteiger partial charge in [-0.05, 0) is 79.1 Å². The average molecular weight is 397 g/mol. The van der Waals surface area contributed by atoms with Crippen molar-refractivity contribution in [2.75, 3.05) is 0 Å². The van der Waals surface area contributed by atoms with Crippen molar-refractivity contribution in [3.63, 3.8) is 0 Å². The van der Waals surface area contributed by atoms with Gasteiger partial charge in [-0.1, -0.05) is 90.1 Å². The normalized spacial score (nSPS) is 16.9. The molecular formula is C28H44O. The van der Waals surface area contributed by atoms with Gasteiger partial charge in [0, 0.05) is 0 Å². The zero-order valence-electron chi connectivity index (χ0n) is 20.1. The van der Waals surface area contributed by atoms with Crippen molar-refractivity contribution in [1.82, 2.24) is 0 Å². The van der Waals surface area contributed by atoms with Crippen LogP contribution < -0.4 is 0 Å². The van der Waals surface area contributed by atoms with Crippen LogP contribution in [0.1, 0.15) is 79.4 Å². The highest BCUT2D eigenvalue weighted by Crippen LogP contribution is 2.34. The number of hydrogen-bond acceptors (Lipinski definition) is 1. The lowest BCUT2D eigenvalue weighted by atomic mass is 9.75. The second kappa shape index (κ2) is 12.2. The zero-order chi connectivity index (χ0) is 22.0. The third-order valence-electron chi connectivity index (χ3n) is 6.07.